The Morgan fingerprint density at radius 1 is 1.48 bits per heavy atom. The molecule has 0 aliphatic heterocycles. The first-order valence-corrected chi connectivity index (χ1v) is 7.22. The van der Waals surface area contributed by atoms with E-state index in [-0.39, 0.29) is 23.1 Å². The fourth-order valence-electron chi connectivity index (χ4n) is 2.65. The molecule has 1 heterocycles. The molecular weight excluding hydrogens is 292 g/mol. The van der Waals surface area contributed by atoms with Crippen LogP contribution in [0.4, 0.5) is 0 Å². The largest absolute Gasteiger partial charge is 0.434 e. The van der Waals surface area contributed by atoms with Crippen molar-refractivity contribution < 1.29 is 9.84 Å². The summed E-state index contributed by atoms with van der Waals surface area (Å²) in [6.07, 6.45) is 2.66. The molecule has 0 spiro atoms. The van der Waals surface area contributed by atoms with Gasteiger partial charge in [-0.1, -0.05) is 23.7 Å². The van der Waals surface area contributed by atoms with Gasteiger partial charge >= 0.3 is 0 Å². The van der Waals surface area contributed by atoms with E-state index in [1.807, 2.05) is 12.1 Å². The average Bonchev–Trinajstić information content (AvgIpc) is 2.44. The van der Waals surface area contributed by atoms with E-state index in [0.717, 1.165) is 24.8 Å². The summed E-state index contributed by atoms with van der Waals surface area (Å²) in [5.74, 6) is 1.12. The van der Waals surface area contributed by atoms with Crippen molar-refractivity contribution in [1.29, 1.82) is 0 Å². The van der Waals surface area contributed by atoms with E-state index in [1.165, 1.54) is 11.6 Å². The fourth-order valence-corrected chi connectivity index (χ4v) is 2.79. The van der Waals surface area contributed by atoms with Crippen molar-refractivity contribution in [2.45, 2.75) is 25.2 Å². The second-order valence-corrected chi connectivity index (χ2v) is 5.49. The average molecular weight is 307 g/mol. The number of H-pyrrole nitrogens is 1. The summed E-state index contributed by atoms with van der Waals surface area (Å²) in [5.41, 5.74) is 1.98. The van der Waals surface area contributed by atoms with E-state index >= 15 is 0 Å². The highest BCUT2D eigenvalue weighted by Gasteiger charge is 2.29. The molecular formula is C15H15ClN2O3. The molecule has 5 nitrogen and oxygen atoms in total. The third-order valence-corrected chi connectivity index (χ3v) is 3.90. The summed E-state index contributed by atoms with van der Waals surface area (Å²) in [7, 11) is 0. The van der Waals surface area contributed by atoms with Crippen LogP contribution in [0.2, 0.25) is 5.15 Å². The van der Waals surface area contributed by atoms with Gasteiger partial charge in [0.15, 0.2) is 0 Å². The smallest absolute Gasteiger partial charge is 0.285 e. The predicted octanol–water partition coefficient (Wildman–Crippen LogP) is 2.63. The standard InChI is InChI=1S/C15H15ClN2O3/c16-14-8-12(20)15(18-17-14)21-13-5-1-4-10-9(3-2-6-19)7-11(10)13/h1,4-5,8-9,19H,2-3,6-7H2,(H,17,20). The molecule has 1 aliphatic carbocycles. The summed E-state index contributed by atoms with van der Waals surface area (Å²) >= 11 is 5.66. The number of hydrogen-bond donors (Lipinski definition) is 2. The van der Waals surface area contributed by atoms with Crippen LogP contribution in [0.5, 0.6) is 11.6 Å². The molecule has 0 saturated heterocycles. The highest BCUT2D eigenvalue weighted by atomic mass is 35.5. The van der Waals surface area contributed by atoms with Crippen molar-refractivity contribution in [3.63, 3.8) is 0 Å². The zero-order chi connectivity index (χ0) is 14.8. The Balaban J connectivity index is 1.82. The van der Waals surface area contributed by atoms with Crippen LogP contribution in [0.1, 0.15) is 29.9 Å². The number of aromatic nitrogens is 2. The van der Waals surface area contributed by atoms with E-state index in [0.29, 0.717) is 11.7 Å². The van der Waals surface area contributed by atoms with Gasteiger partial charge < -0.3 is 9.84 Å². The van der Waals surface area contributed by atoms with Crippen molar-refractivity contribution >= 4 is 11.6 Å². The van der Waals surface area contributed by atoms with Gasteiger partial charge in [-0.2, -0.15) is 0 Å². The third-order valence-electron chi connectivity index (χ3n) is 3.71. The van der Waals surface area contributed by atoms with Crippen LogP contribution in [0.3, 0.4) is 0 Å². The zero-order valence-electron chi connectivity index (χ0n) is 11.3. The molecule has 1 unspecified atom stereocenters. The van der Waals surface area contributed by atoms with E-state index in [2.05, 4.69) is 16.3 Å². The third kappa shape index (κ3) is 2.80. The fraction of sp³-hybridized carbons (Fsp3) is 0.333. The van der Waals surface area contributed by atoms with Gasteiger partial charge in [-0.15, -0.1) is 5.10 Å². The van der Waals surface area contributed by atoms with Crippen molar-refractivity contribution in [3.8, 4) is 11.6 Å². The van der Waals surface area contributed by atoms with Crippen LogP contribution < -0.4 is 10.2 Å². The molecule has 0 amide bonds. The second-order valence-electron chi connectivity index (χ2n) is 5.08. The Morgan fingerprint density at radius 2 is 2.33 bits per heavy atom. The summed E-state index contributed by atoms with van der Waals surface area (Å²) in [4.78, 5) is 11.7. The van der Waals surface area contributed by atoms with Crippen LogP contribution in [0.25, 0.3) is 0 Å². The second kappa shape index (κ2) is 5.87. The summed E-state index contributed by atoms with van der Waals surface area (Å²) in [6, 6.07) is 7.04. The Hall–Kier alpha value is -1.85. The Bertz CT molecular complexity index is 714. The van der Waals surface area contributed by atoms with Gasteiger partial charge in [0.2, 0.25) is 5.43 Å². The van der Waals surface area contributed by atoms with Crippen molar-refractivity contribution in [3.05, 3.63) is 50.8 Å². The highest BCUT2D eigenvalue weighted by Crippen LogP contribution is 2.43. The lowest BCUT2D eigenvalue weighted by Crippen LogP contribution is -2.19. The number of benzene rings is 1. The molecule has 21 heavy (non-hydrogen) atoms. The topological polar surface area (TPSA) is 75.2 Å². The Kier molecular flexibility index (Phi) is 3.94. The lowest BCUT2D eigenvalue weighted by Gasteiger charge is -2.31. The number of nitrogens with zero attached hydrogens (tertiary/aromatic N) is 1. The summed E-state index contributed by atoms with van der Waals surface area (Å²) < 4.78 is 5.62. The quantitative estimate of drug-likeness (QED) is 0.890. The Labute approximate surface area is 126 Å². The van der Waals surface area contributed by atoms with Gasteiger partial charge in [-0.05, 0) is 42.4 Å². The van der Waals surface area contributed by atoms with E-state index in [9.17, 15) is 4.79 Å². The number of nitrogens with one attached hydrogen (secondary N) is 1. The van der Waals surface area contributed by atoms with Crippen molar-refractivity contribution in [2.75, 3.05) is 6.61 Å². The molecule has 0 bridgehead atoms. The lowest BCUT2D eigenvalue weighted by molar-refractivity contribution is 0.276. The van der Waals surface area contributed by atoms with Crippen LogP contribution in [-0.4, -0.2) is 21.9 Å². The summed E-state index contributed by atoms with van der Waals surface area (Å²) in [5, 5.41) is 15.4. The normalized spacial score (nSPS) is 16.2. The van der Waals surface area contributed by atoms with Crippen molar-refractivity contribution in [1.82, 2.24) is 10.2 Å². The first kappa shape index (κ1) is 14.1. The molecule has 0 saturated carbocycles. The van der Waals surface area contributed by atoms with Gasteiger partial charge in [0, 0.05) is 12.7 Å². The monoisotopic (exact) mass is 306 g/mol. The zero-order valence-corrected chi connectivity index (χ0v) is 12.1. The van der Waals surface area contributed by atoms with Crippen LogP contribution in [-0.2, 0) is 6.42 Å². The first-order valence-electron chi connectivity index (χ1n) is 6.84. The van der Waals surface area contributed by atoms with Gasteiger partial charge in [0.05, 0.1) is 0 Å². The van der Waals surface area contributed by atoms with Crippen molar-refractivity contribution in [2.24, 2.45) is 0 Å². The number of hydrogen-bond acceptors (Lipinski definition) is 4. The molecule has 6 heteroatoms. The molecule has 1 aliphatic rings. The molecule has 1 aromatic heterocycles. The number of aliphatic hydroxyl groups is 1. The molecule has 2 aromatic rings. The molecule has 2 N–H and O–H groups in total. The highest BCUT2D eigenvalue weighted by molar-refractivity contribution is 6.29. The molecule has 1 atom stereocenters. The molecule has 0 radical (unpaired) electrons. The maximum atomic E-state index is 11.7. The maximum Gasteiger partial charge on any atom is 0.285 e. The first-order chi connectivity index (χ1) is 10.2. The van der Waals surface area contributed by atoms with Gasteiger partial charge in [-0.25, -0.2) is 0 Å². The predicted molar refractivity (Wildman–Crippen MR) is 79.1 cm³/mol. The van der Waals surface area contributed by atoms with E-state index in [1.54, 1.807) is 0 Å². The summed E-state index contributed by atoms with van der Waals surface area (Å²) in [6.45, 7) is 0.214. The minimum Gasteiger partial charge on any atom is -0.434 e. The number of fused-ring (bicyclic) bond motifs is 1. The van der Waals surface area contributed by atoms with Gasteiger partial charge in [-0.3, -0.25) is 9.89 Å². The minimum atomic E-state index is -0.354. The van der Waals surface area contributed by atoms with Crippen LogP contribution >= 0.6 is 11.6 Å². The number of rotatable bonds is 5. The van der Waals surface area contributed by atoms with Crippen LogP contribution in [0.15, 0.2) is 29.1 Å². The SMILES string of the molecule is O=c1cc(Cl)[nH]nc1Oc1cccc2c1CC2CCCO. The van der Waals surface area contributed by atoms with E-state index < -0.39 is 0 Å². The molecule has 110 valence electrons. The van der Waals surface area contributed by atoms with Crippen LogP contribution in [0, 0.1) is 0 Å². The molecule has 3 rings (SSSR count). The van der Waals surface area contributed by atoms with Gasteiger partial charge in [0.25, 0.3) is 5.88 Å². The molecule has 0 fully saturated rings. The van der Waals surface area contributed by atoms with E-state index in [4.69, 9.17) is 21.4 Å². The number of aromatic amines is 1. The minimum absolute atomic E-state index is 0.00777. The molecule has 1 aromatic carbocycles. The number of halogens is 1. The lowest BCUT2D eigenvalue weighted by atomic mass is 9.75. The number of aliphatic hydroxyl groups excluding tert-OH is 1. The maximum absolute atomic E-state index is 11.7. The Morgan fingerprint density at radius 3 is 3.10 bits per heavy atom. The van der Waals surface area contributed by atoms with Gasteiger partial charge in [0.1, 0.15) is 10.9 Å². The number of ether oxygens (including phenoxy) is 1.